The van der Waals surface area contributed by atoms with E-state index in [1.165, 1.54) is 25.7 Å². The molecule has 0 radical (unpaired) electrons. The standard InChI is InChI=1S/C16H20N2O2/c19-14-10-6-5-9-13(14)11-15-17-16(18-20-15)12-7-3-1-2-4-8-12/h5-6,9-10,12,19H,1-4,7-8,11H2. The summed E-state index contributed by atoms with van der Waals surface area (Å²) in [5, 5.41) is 13.9. The van der Waals surface area contributed by atoms with Gasteiger partial charge in [0.1, 0.15) is 5.75 Å². The number of phenolic OH excluding ortho intramolecular Hbond substituents is 1. The van der Waals surface area contributed by atoms with Crippen LogP contribution < -0.4 is 0 Å². The molecule has 0 atom stereocenters. The number of aromatic hydroxyl groups is 1. The number of nitrogens with zero attached hydrogens (tertiary/aromatic N) is 2. The molecule has 1 aliphatic rings. The summed E-state index contributed by atoms with van der Waals surface area (Å²) < 4.78 is 5.35. The number of hydrogen-bond acceptors (Lipinski definition) is 4. The number of phenols is 1. The maximum atomic E-state index is 9.77. The van der Waals surface area contributed by atoms with Crippen LogP contribution in [0.25, 0.3) is 0 Å². The molecule has 20 heavy (non-hydrogen) atoms. The lowest BCUT2D eigenvalue weighted by molar-refractivity contribution is 0.371. The molecule has 1 aromatic carbocycles. The maximum absolute atomic E-state index is 9.77. The van der Waals surface area contributed by atoms with Crippen molar-refractivity contribution in [1.82, 2.24) is 10.1 Å². The summed E-state index contributed by atoms with van der Waals surface area (Å²) in [6.07, 6.45) is 7.97. The number of para-hydroxylation sites is 1. The normalized spacial score (nSPS) is 17.0. The summed E-state index contributed by atoms with van der Waals surface area (Å²) >= 11 is 0. The number of hydrogen-bond donors (Lipinski definition) is 1. The van der Waals surface area contributed by atoms with Gasteiger partial charge in [0, 0.05) is 11.5 Å². The number of aromatic nitrogens is 2. The second-order valence-corrected chi connectivity index (χ2v) is 5.54. The van der Waals surface area contributed by atoms with Crippen molar-refractivity contribution < 1.29 is 9.63 Å². The van der Waals surface area contributed by atoms with Crippen molar-refractivity contribution in [3.05, 3.63) is 41.5 Å². The molecule has 0 amide bonds. The molecule has 2 aromatic rings. The fraction of sp³-hybridized carbons (Fsp3) is 0.500. The minimum absolute atomic E-state index is 0.279. The SMILES string of the molecule is Oc1ccccc1Cc1nc(C2CCCCCC2)no1. The van der Waals surface area contributed by atoms with Crippen molar-refractivity contribution in [2.45, 2.75) is 50.9 Å². The molecular weight excluding hydrogens is 252 g/mol. The molecule has 0 spiro atoms. The summed E-state index contributed by atoms with van der Waals surface area (Å²) in [5.41, 5.74) is 0.823. The van der Waals surface area contributed by atoms with E-state index < -0.39 is 0 Å². The molecule has 4 nitrogen and oxygen atoms in total. The smallest absolute Gasteiger partial charge is 0.231 e. The van der Waals surface area contributed by atoms with Crippen LogP contribution in [0.4, 0.5) is 0 Å². The third-order valence-electron chi connectivity index (χ3n) is 4.04. The molecule has 1 fully saturated rings. The van der Waals surface area contributed by atoms with Crippen LogP contribution in [-0.4, -0.2) is 15.2 Å². The summed E-state index contributed by atoms with van der Waals surface area (Å²) in [5.74, 6) is 2.16. The zero-order chi connectivity index (χ0) is 13.8. The molecule has 0 aliphatic heterocycles. The lowest BCUT2D eigenvalue weighted by atomic mass is 10.00. The van der Waals surface area contributed by atoms with Crippen molar-refractivity contribution in [2.24, 2.45) is 0 Å². The van der Waals surface area contributed by atoms with Gasteiger partial charge < -0.3 is 9.63 Å². The first-order chi connectivity index (χ1) is 9.83. The molecule has 4 heteroatoms. The van der Waals surface area contributed by atoms with Gasteiger partial charge in [-0.15, -0.1) is 0 Å². The highest BCUT2D eigenvalue weighted by molar-refractivity contribution is 5.33. The molecule has 3 rings (SSSR count). The predicted molar refractivity (Wildman–Crippen MR) is 75.7 cm³/mol. The quantitative estimate of drug-likeness (QED) is 0.863. The van der Waals surface area contributed by atoms with E-state index >= 15 is 0 Å². The highest BCUT2D eigenvalue weighted by atomic mass is 16.5. The van der Waals surface area contributed by atoms with Gasteiger partial charge in [0.25, 0.3) is 0 Å². The van der Waals surface area contributed by atoms with Gasteiger partial charge in [-0.3, -0.25) is 0 Å². The van der Waals surface area contributed by atoms with Crippen LogP contribution in [0.3, 0.4) is 0 Å². The van der Waals surface area contributed by atoms with Gasteiger partial charge in [-0.05, 0) is 18.9 Å². The van der Waals surface area contributed by atoms with Crippen LogP contribution in [0.15, 0.2) is 28.8 Å². The van der Waals surface area contributed by atoms with E-state index in [0.717, 1.165) is 24.2 Å². The van der Waals surface area contributed by atoms with Crippen molar-refractivity contribution in [2.75, 3.05) is 0 Å². The Bertz CT molecular complexity index is 557. The van der Waals surface area contributed by atoms with Gasteiger partial charge in [0.2, 0.25) is 5.89 Å². The van der Waals surface area contributed by atoms with Gasteiger partial charge in [0.05, 0.1) is 6.42 Å². The van der Waals surface area contributed by atoms with E-state index in [0.29, 0.717) is 18.2 Å². The van der Waals surface area contributed by atoms with Crippen LogP contribution >= 0.6 is 0 Å². The summed E-state index contributed by atoms with van der Waals surface area (Å²) in [6, 6.07) is 7.27. The third-order valence-corrected chi connectivity index (χ3v) is 4.04. The van der Waals surface area contributed by atoms with Gasteiger partial charge in [-0.25, -0.2) is 0 Å². The van der Waals surface area contributed by atoms with E-state index in [2.05, 4.69) is 10.1 Å². The molecule has 1 aromatic heterocycles. The second-order valence-electron chi connectivity index (χ2n) is 5.54. The van der Waals surface area contributed by atoms with Gasteiger partial charge in [-0.2, -0.15) is 4.98 Å². The molecule has 0 unspecified atom stereocenters. The Morgan fingerprint density at radius 1 is 1.10 bits per heavy atom. The third kappa shape index (κ3) is 3.00. The molecule has 1 aliphatic carbocycles. The second kappa shape index (κ2) is 6.07. The number of benzene rings is 1. The van der Waals surface area contributed by atoms with Crippen molar-refractivity contribution in [1.29, 1.82) is 0 Å². The largest absolute Gasteiger partial charge is 0.508 e. The minimum atomic E-state index is 0.279. The van der Waals surface area contributed by atoms with Crippen LogP contribution in [0.2, 0.25) is 0 Å². The topological polar surface area (TPSA) is 59.2 Å². The summed E-state index contributed by atoms with van der Waals surface area (Å²) in [6.45, 7) is 0. The van der Waals surface area contributed by atoms with E-state index in [9.17, 15) is 5.11 Å². The Hall–Kier alpha value is -1.84. The Labute approximate surface area is 118 Å². The van der Waals surface area contributed by atoms with Gasteiger partial charge in [0.15, 0.2) is 5.82 Å². The van der Waals surface area contributed by atoms with E-state index in [-0.39, 0.29) is 5.75 Å². The van der Waals surface area contributed by atoms with Crippen LogP contribution in [0.1, 0.15) is 61.7 Å². The molecular formula is C16H20N2O2. The zero-order valence-corrected chi connectivity index (χ0v) is 11.6. The Balaban J connectivity index is 1.71. The molecule has 0 bridgehead atoms. The molecule has 1 saturated carbocycles. The van der Waals surface area contributed by atoms with Crippen molar-refractivity contribution in [3.63, 3.8) is 0 Å². The average molecular weight is 272 g/mol. The lowest BCUT2D eigenvalue weighted by Crippen LogP contribution is -2.00. The van der Waals surface area contributed by atoms with E-state index in [4.69, 9.17) is 4.52 Å². The predicted octanol–water partition coefficient (Wildman–Crippen LogP) is 3.80. The molecule has 106 valence electrons. The number of rotatable bonds is 3. The van der Waals surface area contributed by atoms with E-state index in [1.54, 1.807) is 6.07 Å². The molecule has 1 N–H and O–H groups in total. The minimum Gasteiger partial charge on any atom is -0.508 e. The Kier molecular flexibility index (Phi) is 4.00. The lowest BCUT2D eigenvalue weighted by Gasteiger charge is -2.07. The summed E-state index contributed by atoms with van der Waals surface area (Å²) in [4.78, 5) is 4.52. The fourth-order valence-corrected chi connectivity index (χ4v) is 2.87. The Morgan fingerprint density at radius 2 is 1.85 bits per heavy atom. The zero-order valence-electron chi connectivity index (χ0n) is 11.6. The molecule has 1 heterocycles. The van der Waals surface area contributed by atoms with Crippen molar-refractivity contribution >= 4 is 0 Å². The first-order valence-electron chi connectivity index (χ1n) is 7.42. The molecule has 0 saturated heterocycles. The average Bonchev–Trinajstić information content (AvgIpc) is 2.74. The fourth-order valence-electron chi connectivity index (χ4n) is 2.87. The first kappa shape index (κ1) is 13.2. The highest BCUT2D eigenvalue weighted by Gasteiger charge is 2.20. The van der Waals surface area contributed by atoms with Gasteiger partial charge >= 0.3 is 0 Å². The van der Waals surface area contributed by atoms with E-state index in [1.807, 2.05) is 18.2 Å². The maximum Gasteiger partial charge on any atom is 0.231 e. The van der Waals surface area contributed by atoms with Gasteiger partial charge in [-0.1, -0.05) is 49.0 Å². The first-order valence-corrected chi connectivity index (χ1v) is 7.42. The van der Waals surface area contributed by atoms with Crippen LogP contribution in [0, 0.1) is 0 Å². The van der Waals surface area contributed by atoms with Crippen LogP contribution in [0.5, 0.6) is 5.75 Å². The monoisotopic (exact) mass is 272 g/mol. The van der Waals surface area contributed by atoms with Crippen LogP contribution in [-0.2, 0) is 6.42 Å². The summed E-state index contributed by atoms with van der Waals surface area (Å²) in [7, 11) is 0. The van der Waals surface area contributed by atoms with Crippen molar-refractivity contribution in [3.8, 4) is 5.75 Å². The highest BCUT2D eigenvalue weighted by Crippen LogP contribution is 2.30. The Morgan fingerprint density at radius 3 is 2.60 bits per heavy atom.